The van der Waals surface area contributed by atoms with E-state index in [9.17, 15) is 28.8 Å². The first-order valence-corrected chi connectivity index (χ1v) is 12.3. The topological polar surface area (TPSA) is 143 Å². The Morgan fingerprint density at radius 3 is 2.27 bits per heavy atom. The van der Waals surface area contributed by atoms with Gasteiger partial charge < -0.3 is 14.8 Å². The van der Waals surface area contributed by atoms with Gasteiger partial charge in [-0.05, 0) is 24.5 Å². The van der Waals surface area contributed by atoms with Crippen molar-refractivity contribution in [2.45, 2.75) is 38.8 Å². The van der Waals surface area contributed by atoms with Crippen molar-refractivity contribution < 1.29 is 38.2 Å². The molecule has 0 saturated carbocycles. The van der Waals surface area contributed by atoms with Crippen LogP contribution in [-0.4, -0.2) is 102 Å². The number of ether oxygens (including phenoxy) is 2. The van der Waals surface area contributed by atoms with Crippen LogP contribution in [-0.2, 0) is 28.7 Å². The van der Waals surface area contributed by atoms with Gasteiger partial charge in [-0.25, -0.2) is 4.90 Å². The molecular formula is C25H30N4O8. The smallest absolute Gasteiger partial charge is 0.327 e. The number of esters is 1. The predicted octanol–water partition coefficient (Wildman–Crippen LogP) is -0.226. The zero-order chi connectivity index (χ0) is 26.7. The average molecular weight is 515 g/mol. The van der Waals surface area contributed by atoms with Gasteiger partial charge in [0.1, 0.15) is 12.6 Å². The fraction of sp³-hybridized carbons (Fsp3) is 0.520. The van der Waals surface area contributed by atoms with Crippen LogP contribution < -0.4 is 5.32 Å². The first-order valence-electron chi connectivity index (χ1n) is 12.3. The van der Waals surface area contributed by atoms with E-state index in [1.165, 1.54) is 12.1 Å². The minimum atomic E-state index is -1.18. The maximum absolute atomic E-state index is 13.1. The lowest BCUT2D eigenvalue weighted by Crippen LogP contribution is -2.57. The third kappa shape index (κ3) is 5.39. The minimum absolute atomic E-state index is 0.00297. The van der Waals surface area contributed by atoms with E-state index in [0.717, 1.165) is 9.80 Å². The lowest BCUT2D eigenvalue weighted by atomic mass is 10.0. The lowest BCUT2D eigenvalue weighted by Gasteiger charge is -2.35. The summed E-state index contributed by atoms with van der Waals surface area (Å²) in [6, 6.07) is 4.63. The number of rotatable bonds is 8. The summed E-state index contributed by atoms with van der Waals surface area (Å²) in [5.74, 6) is -3.75. The van der Waals surface area contributed by atoms with E-state index in [-0.39, 0.29) is 35.8 Å². The van der Waals surface area contributed by atoms with E-state index < -0.39 is 55.0 Å². The second-order valence-corrected chi connectivity index (χ2v) is 9.44. The Bertz CT molecular complexity index is 1080. The van der Waals surface area contributed by atoms with Crippen molar-refractivity contribution in [2.75, 3.05) is 39.6 Å². The van der Waals surface area contributed by atoms with Gasteiger partial charge in [0, 0.05) is 19.5 Å². The van der Waals surface area contributed by atoms with Crippen LogP contribution >= 0.6 is 0 Å². The maximum atomic E-state index is 13.1. The first-order chi connectivity index (χ1) is 17.7. The summed E-state index contributed by atoms with van der Waals surface area (Å²) in [6.07, 6.45) is -0.116. The number of benzene rings is 1. The number of carbonyl (C=O) groups is 6. The lowest BCUT2D eigenvalue weighted by molar-refractivity contribution is -0.163. The highest BCUT2D eigenvalue weighted by Gasteiger charge is 2.47. The van der Waals surface area contributed by atoms with Gasteiger partial charge in [-0.3, -0.25) is 38.6 Å². The number of hydrogen-bond acceptors (Lipinski definition) is 9. The predicted molar refractivity (Wildman–Crippen MR) is 127 cm³/mol. The molecule has 1 unspecified atom stereocenters. The number of fused-ring (bicyclic) bond motifs is 1. The molecule has 3 aliphatic rings. The average Bonchev–Trinajstić information content (AvgIpc) is 3.13. The van der Waals surface area contributed by atoms with Gasteiger partial charge >= 0.3 is 5.97 Å². The highest BCUT2D eigenvalue weighted by Crippen LogP contribution is 2.29. The molecule has 12 heteroatoms. The molecule has 2 atom stereocenters. The quantitative estimate of drug-likeness (QED) is 0.368. The van der Waals surface area contributed by atoms with E-state index in [4.69, 9.17) is 9.47 Å². The van der Waals surface area contributed by atoms with Gasteiger partial charge in [-0.2, -0.15) is 0 Å². The molecule has 0 bridgehead atoms. The Kier molecular flexibility index (Phi) is 7.98. The highest BCUT2D eigenvalue weighted by atomic mass is 16.5. The van der Waals surface area contributed by atoms with E-state index in [2.05, 4.69) is 5.32 Å². The molecule has 198 valence electrons. The number of hydrogen-bond donors (Lipinski definition) is 1. The number of likely N-dealkylation sites (tertiary alicyclic amines) is 1. The Labute approximate surface area is 213 Å². The van der Waals surface area contributed by atoms with Crippen LogP contribution in [0.25, 0.3) is 0 Å². The van der Waals surface area contributed by atoms with Crippen molar-refractivity contribution in [3.63, 3.8) is 0 Å². The zero-order valence-electron chi connectivity index (χ0n) is 20.8. The number of nitrogens with one attached hydrogen (secondary N) is 1. The molecule has 1 aromatic carbocycles. The van der Waals surface area contributed by atoms with Crippen molar-refractivity contribution >= 4 is 35.5 Å². The van der Waals surface area contributed by atoms with Crippen LogP contribution in [0.15, 0.2) is 24.3 Å². The second-order valence-electron chi connectivity index (χ2n) is 9.44. The Morgan fingerprint density at radius 1 is 1.05 bits per heavy atom. The van der Waals surface area contributed by atoms with Gasteiger partial charge in [-0.1, -0.05) is 26.0 Å². The summed E-state index contributed by atoms with van der Waals surface area (Å²) in [5, 5.41) is 2.56. The molecule has 2 saturated heterocycles. The molecule has 0 spiro atoms. The van der Waals surface area contributed by atoms with Crippen molar-refractivity contribution in [2.24, 2.45) is 5.92 Å². The number of imide groups is 2. The molecule has 3 aliphatic heterocycles. The third-order valence-corrected chi connectivity index (χ3v) is 6.72. The zero-order valence-corrected chi connectivity index (χ0v) is 20.8. The molecule has 0 aliphatic carbocycles. The van der Waals surface area contributed by atoms with Gasteiger partial charge in [0.25, 0.3) is 17.7 Å². The molecule has 0 aromatic heterocycles. The van der Waals surface area contributed by atoms with E-state index in [1.54, 1.807) is 12.1 Å². The van der Waals surface area contributed by atoms with Crippen LogP contribution in [0.1, 0.15) is 47.4 Å². The van der Waals surface area contributed by atoms with Crippen molar-refractivity contribution in [3.8, 4) is 0 Å². The summed E-state index contributed by atoms with van der Waals surface area (Å²) >= 11 is 0. The molecule has 37 heavy (non-hydrogen) atoms. The standard InChI is InChI=1S/C25H30N4O8/c1-15(2)21(27-9-11-36-12-10-27)22(32)26-13-20(31)37-14-28-19(30)8-7-18(25(28)35)29-23(33)16-5-3-4-6-17(16)24(29)34/h3-6,15,18,21H,7-14H2,1-2H3,(H,26,32)/t18-,21?/m0/s1. The fourth-order valence-corrected chi connectivity index (χ4v) is 4.88. The largest absolute Gasteiger partial charge is 0.442 e. The Balaban J connectivity index is 1.33. The first kappa shape index (κ1) is 26.4. The van der Waals surface area contributed by atoms with Gasteiger partial charge in [0.2, 0.25) is 11.8 Å². The number of nitrogens with zero attached hydrogens (tertiary/aromatic N) is 3. The van der Waals surface area contributed by atoms with Crippen LogP contribution in [0.5, 0.6) is 0 Å². The minimum Gasteiger partial charge on any atom is -0.442 e. The number of piperidine rings is 1. The van der Waals surface area contributed by atoms with Gasteiger partial charge in [0.05, 0.1) is 30.4 Å². The molecule has 0 radical (unpaired) electrons. The fourth-order valence-electron chi connectivity index (χ4n) is 4.88. The number of amides is 5. The van der Waals surface area contributed by atoms with Crippen molar-refractivity contribution in [1.82, 2.24) is 20.0 Å². The maximum Gasteiger partial charge on any atom is 0.327 e. The molecule has 5 amide bonds. The molecule has 3 heterocycles. The van der Waals surface area contributed by atoms with E-state index >= 15 is 0 Å². The van der Waals surface area contributed by atoms with Crippen LogP contribution in [0.2, 0.25) is 0 Å². The molecular weight excluding hydrogens is 484 g/mol. The third-order valence-electron chi connectivity index (χ3n) is 6.72. The van der Waals surface area contributed by atoms with Crippen LogP contribution in [0.3, 0.4) is 0 Å². The summed E-state index contributed by atoms with van der Waals surface area (Å²) in [5.41, 5.74) is 0.394. The monoisotopic (exact) mass is 514 g/mol. The Morgan fingerprint density at radius 2 is 1.68 bits per heavy atom. The molecule has 1 aromatic rings. The van der Waals surface area contributed by atoms with Crippen molar-refractivity contribution in [1.29, 1.82) is 0 Å². The normalized spacial score (nSPS) is 21.3. The number of carbonyl (C=O) groups excluding carboxylic acids is 6. The highest BCUT2D eigenvalue weighted by molar-refractivity contribution is 6.23. The molecule has 4 rings (SSSR count). The summed E-state index contributed by atoms with van der Waals surface area (Å²) in [4.78, 5) is 79.7. The van der Waals surface area contributed by atoms with Gasteiger partial charge in [-0.15, -0.1) is 0 Å². The SMILES string of the molecule is CC(C)C(C(=O)NCC(=O)OCN1C(=O)CC[C@H](N2C(=O)c3ccccc3C2=O)C1=O)N1CCOCC1. The van der Waals surface area contributed by atoms with Crippen LogP contribution in [0.4, 0.5) is 0 Å². The summed E-state index contributed by atoms with van der Waals surface area (Å²) in [6.45, 7) is 4.97. The van der Waals surface area contributed by atoms with E-state index in [1.807, 2.05) is 18.7 Å². The van der Waals surface area contributed by atoms with Crippen LogP contribution in [0, 0.1) is 5.92 Å². The Hall–Kier alpha value is -3.64. The molecule has 1 N–H and O–H groups in total. The van der Waals surface area contributed by atoms with Crippen molar-refractivity contribution in [3.05, 3.63) is 35.4 Å². The summed E-state index contributed by atoms with van der Waals surface area (Å²) in [7, 11) is 0. The number of morpholine rings is 1. The van der Waals surface area contributed by atoms with Gasteiger partial charge in [0.15, 0.2) is 6.73 Å². The summed E-state index contributed by atoms with van der Waals surface area (Å²) < 4.78 is 10.4. The van der Waals surface area contributed by atoms with E-state index in [0.29, 0.717) is 26.3 Å². The molecule has 2 fully saturated rings. The molecule has 12 nitrogen and oxygen atoms in total. The second kappa shape index (κ2) is 11.2.